The molecule has 2 fully saturated rings. The molecule has 1 amide bonds. The van der Waals surface area contributed by atoms with E-state index in [2.05, 4.69) is 44.7 Å². The van der Waals surface area contributed by atoms with E-state index in [-0.39, 0.29) is 35.9 Å². The van der Waals surface area contributed by atoms with E-state index in [1.165, 1.54) is 0 Å². The number of hydrogen-bond donors (Lipinski definition) is 1. The lowest BCUT2D eigenvalue weighted by Crippen LogP contribution is -2.49. The van der Waals surface area contributed by atoms with E-state index in [1.807, 2.05) is 26.6 Å². The Morgan fingerprint density at radius 1 is 1.29 bits per heavy atom. The number of imidazole rings is 1. The predicted octanol–water partition coefficient (Wildman–Crippen LogP) is 2.29. The number of likely N-dealkylation sites (N-methyl/N-ethyl adjacent to an activating group) is 1. The SMILES string of the molecule is CCNC(=NCCCN1CCCC1C(=O)N(C)C)N1CCC(C)C(n2ccnc2)C1.I. The number of carbonyl (C=O) groups excluding carboxylic acids is 1. The van der Waals surface area contributed by atoms with Gasteiger partial charge in [-0.25, -0.2) is 4.98 Å². The molecule has 1 N–H and O–H groups in total. The highest BCUT2D eigenvalue weighted by Crippen LogP contribution is 2.27. The van der Waals surface area contributed by atoms with E-state index in [4.69, 9.17) is 4.99 Å². The summed E-state index contributed by atoms with van der Waals surface area (Å²) in [6.45, 7) is 10.0. The standard InChI is InChI=1S/C22H39N7O.HI/c1-5-24-22(28-14-9-18(2)20(16-28)29-15-11-23-17-29)25-10-7-13-27-12-6-8-19(27)21(30)26(3)4;/h11,15,17-20H,5-10,12-14,16H2,1-4H3,(H,24,25);1H. The lowest BCUT2D eigenvalue weighted by molar-refractivity contribution is -0.133. The van der Waals surface area contributed by atoms with E-state index < -0.39 is 0 Å². The number of halogens is 1. The summed E-state index contributed by atoms with van der Waals surface area (Å²) in [5.41, 5.74) is 0. The molecule has 31 heavy (non-hydrogen) atoms. The van der Waals surface area contributed by atoms with Crippen molar-refractivity contribution < 1.29 is 4.79 Å². The molecule has 2 aliphatic heterocycles. The van der Waals surface area contributed by atoms with Crippen molar-refractivity contribution in [2.45, 2.75) is 51.6 Å². The van der Waals surface area contributed by atoms with E-state index in [0.29, 0.717) is 12.0 Å². The van der Waals surface area contributed by atoms with Crippen molar-refractivity contribution in [3.8, 4) is 0 Å². The summed E-state index contributed by atoms with van der Waals surface area (Å²) in [4.78, 5) is 28.0. The van der Waals surface area contributed by atoms with Crippen molar-refractivity contribution in [1.82, 2.24) is 29.6 Å². The third-order valence-electron chi connectivity index (χ3n) is 6.42. The van der Waals surface area contributed by atoms with Crippen LogP contribution in [0.2, 0.25) is 0 Å². The summed E-state index contributed by atoms with van der Waals surface area (Å²) in [5, 5.41) is 3.48. The molecule has 8 nitrogen and oxygen atoms in total. The molecule has 1 aromatic rings. The second kappa shape index (κ2) is 12.6. The van der Waals surface area contributed by atoms with Crippen LogP contribution in [0.5, 0.6) is 0 Å². The molecular weight excluding hydrogens is 505 g/mol. The minimum atomic E-state index is 0. The van der Waals surface area contributed by atoms with Crippen LogP contribution in [0.3, 0.4) is 0 Å². The first kappa shape index (κ1) is 25.9. The van der Waals surface area contributed by atoms with Crippen LogP contribution in [0.25, 0.3) is 0 Å². The van der Waals surface area contributed by atoms with Gasteiger partial charge in [-0.1, -0.05) is 6.92 Å². The van der Waals surface area contributed by atoms with Crippen LogP contribution in [-0.4, -0.2) is 95.5 Å². The third kappa shape index (κ3) is 6.81. The number of aromatic nitrogens is 2. The first-order valence-corrected chi connectivity index (χ1v) is 11.5. The van der Waals surface area contributed by atoms with Crippen molar-refractivity contribution in [2.75, 3.05) is 53.4 Å². The maximum absolute atomic E-state index is 12.4. The Morgan fingerprint density at radius 2 is 2.10 bits per heavy atom. The summed E-state index contributed by atoms with van der Waals surface area (Å²) in [5.74, 6) is 1.87. The number of amides is 1. The van der Waals surface area contributed by atoms with Crippen molar-refractivity contribution in [3.63, 3.8) is 0 Å². The molecule has 176 valence electrons. The number of nitrogens with one attached hydrogen (secondary N) is 1. The fourth-order valence-electron chi connectivity index (χ4n) is 4.65. The van der Waals surface area contributed by atoms with Crippen LogP contribution in [0.15, 0.2) is 23.7 Å². The first-order valence-electron chi connectivity index (χ1n) is 11.5. The molecular formula is C22H40IN7O. The molecule has 3 rings (SSSR count). The van der Waals surface area contributed by atoms with Gasteiger partial charge in [-0.3, -0.25) is 14.7 Å². The highest BCUT2D eigenvalue weighted by molar-refractivity contribution is 14.0. The molecule has 0 saturated carbocycles. The van der Waals surface area contributed by atoms with Gasteiger partial charge in [0, 0.05) is 59.2 Å². The Kier molecular flexibility index (Phi) is 10.5. The Balaban J connectivity index is 0.00000341. The van der Waals surface area contributed by atoms with Crippen molar-refractivity contribution in [2.24, 2.45) is 10.9 Å². The molecule has 0 radical (unpaired) electrons. The van der Waals surface area contributed by atoms with Gasteiger partial charge < -0.3 is 19.7 Å². The first-order chi connectivity index (χ1) is 14.5. The van der Waals surface area contributed by atoms with Gasteiger partial charge >= 0.3 is 0 Å². The highest BCUT2D eigenvalue weighted by atomic mass is 127. The number of carbonyl (C=O) groups is 1. The lowest BCUT2D eigenvalue weighted by atomic mass is 9.93. The Labute approximate surface area is 204 Å². The number of aliphatic imine (C=N–C) groups is 1. The van der Waals surface area contributed by atoms with Crippen LogP contribution >= 0.6 is 24.0 Å². The minimum Gasteiger partial charge on any atom is -0.357 e. The summed E-state index contributed by atoms with van der Waals surface area (Å²) in [6.07, 6.45) is 10.1. The summed E-state index contributed by atoms with van der Waals surface area (Å²) in [6, 6.07) is 0.476. The zero-order valence-corrected chi connectivity index (χ0v) is 21.9. The number of rotatable bonds is 7. The third-order valence-corrected chi connectivity index (χ3v) is 6.42. The van der Waals surface area contributed by atoms with E-state index in [0.717, 1.165) is 70.9 Å². The maximum atomic E-state index is 12.4. The second-order valence-electron chi connectivity index (χ2n) is 8.81. The van der Waals surface area contributed by atoms with Crippen LogP contribution in [0.4, 0.5) is 0 Å². The van der Waals surface area contributed by atoms with Crippen LogP contribution in [0.1, 0.15) is 45.6 Å². The predicted molar refractivity (Wildman–Crippen MR) is 136 cm³/mol. The van der Waals surface area contributed by atoms with Crippen LogP contribution in [0, 0.1) is 5.92 Å². The van der Waals surface area contributed by atoms with Gasteiger partial charge in [0.05, 0.1) is 18.4 Å². The fraction of sp³-hybridized carbons (Fsp3) is 0.773. The zero-order chi connectivity index (χ0) is 21.5. The van der Waals surface area contributed by atoms with E-state index in [1.54, 1.807) is 4.90 Å². The fourth-order valence-corrected chi connectivity index (χ4v) is 4.65. The van der Waals surface area contributed by atoms with Gasteiger partial charge in [0.1, 0.15) is 0 Å². The molecule has 0 spiro atoms. The Morgan fingerprint density at radius 3 is 2.77 bits per heavy atom. The molecule has 1 aromatic heterocycles. The normalized spacial score (nSPS) is 24.7. The smallest absolute Gasteiger partial charge is 0.239 e. The van der Waals surface area contributed by atoms with Crippen molar-refractivity contribution in [1.29, 1.82) is 0 Å². The van der Waals surface area contributed by atoms with E-state index in [9.17, 15) is 4.79 Å². The van der Waals surface area contributed by atoms with E-state index >= 15 is 0 Å². The molecule has 0 aliphatic carbocycles. The number of piperidine rings is 1. The average molecular weight is 546 g/mol. The number of hydrogen-bond acceptors (Lipinski definition) is 4. The summed E-state index contributed by atoms with van der Waals surface area (Å²) < 4.78 is 2.23. The number of likely N-dealkylation sites (tertiary alicyclic amines) is 2. The summed E-state index contributed by atoms with van der Waals surface area (Å²) in [7, 11) is 3.70. The van der Waals surface area contributed by atoms with Gasteiger partial charge in [-0.2, -0.15) is 0 Å². The minimum absolute atomic E-state index is 0. The Bertz CT molecular complexity index is 694. The van der Waals surface area contributed by atoms with Gasteiger partial charge in [-0.05, 0) is 45.1 Å². The topological polar surface area (TPSA) is 69.0 Å². The zero-order valence-electron chi connectivity index (χ0n) is 19.5. The molecule has 0 bridgehead atoms. The van der Waals surface area contributed by atoms with Crippen LogP contribution in [-0.2, 0) is 4.79 Å². The largest absolute Gasteiger partial charge is 0.357 e. The molecule has 2 saturated heterocycles. The quantitative estimate of drug-likeness (QED) is 0.247. The lowest BCUT2D eigenvalue weighted by Gasteiger charge is -2.39. The second-order valence-corrected chi connectivity index (χ2v) is 8.81. The average Bonchev–Trinajstić information content (AvgIpc) is 3.42. The number of nitrogens with zero attached hydrogens (tertiary/aromatic N) is 6. The molecule has 2 aliphatic rings. The van der Waals surface area contributed by atoms with Gasteiger partial charge in [0.2, 0.25) is 5.91 Å². The molecule has 0 aromatic carbocycles. The molecule has 3 atom stereocenters. The van der Waals surface area contributed by atoms with Gasteiger partial charge in [0.15, 0.2) is 5.96 Å². The Hall–Kier alpha value is -1.36. The monoisotopic (exact) mass is 545 g/mol. The summed E-state index contributed by atoms with van der Waals surface area (Å²) >= 11 is 0. The molecule has 3 unspecified atom stereocenters. The van der Waals surface area contributed by atoms with Crippen LogP contribution < -0.4 is 5.32 Å². The van der Waals surface area contributed by atoms with Gasteiger partial charge in [-0.15, -0.1) is 24.0 Å². The molecule has 3 heterocycles. The van der Waals surface area contributed by atoms with Crippen molar-refractivity contribution >= 4 is 35.8 Å². The van der Waals surface area contributed by atoms with Gasteiger partial charge in [0.25, 0.3) is 0 Å². The maximum Gasteiger partial charge on any atom is 0.239 e. The number of guanidine groups is 1. The molecule has 9 heteroatoms. The highest BCUT2D eigenvalue weighted by Gasteiger charge is 2.31. The van der Waals surface area contributed by atoms with Crippen molar-refractivity contribution in [3.05, 3.63) is 18.7 Å².